The molecule has 3 aliphatic heterocycles. The average molecular weight is 368 g/mol. The molecule has 7 nitrogen and oxygen atoms in total. The smallest absolute Gasteiger partial charge is 0.255 e. The van der Waals surface area contributed by atoms with Gasteiger partial charge in [-0.3, -0.25) is 19.7 Å². The Bertz CT molecular complexity index is 839. The first-order valence-corrected chi connectivity index (χ1v) is 9.81. The highest BCUT2D eigenvalue weighted by Crippen LogP contribution is 2.43. The molecule has 1 aromatic rings. The topological polar surface area (TPSA) is 90.5 Å². The fraction of sp³-hybridized carbons (Fsp3) is 0.550. The number of hydrogen-bond donors (Lipinski definition) is 3. The molecular weight excluding hydrogens is 344 g/mol. The lowest BCUT2D eigenvalue weighted by atomic mass is 10.0. The van der Waals surface area contributed by atoms with Crippen molar-refractivity contribution < 1.29 is 14.4 Å². The molecule has 3 atom stereocenters. The number of amides is 3. The lowest BCUT2D eigenvalue weighted by molar-refractivity contribution is -0.136. The van der Waals surface area contributed by atoms with E-state index in [-0.39, 0.29) is 29.7 Å². The van der Waals surface area contributed by atoms with Gasteiger partial charge in [0.1, 0.15) is 6.04 Å². The van der Waals surface area contributed by atoms with E-state index >= 15 is 0 Å². The zero-order chi connectivity index (χ0) is 18.6. The van der Waals surface area contributed by atoms with Gasteiger partial charge < -0.3 is 15.5 Å². The van der Waals surface area contributed by atoms with Crippen molar-refractivity contribution in [3.8, 4) is 0 Å². The summed E-state index contributed by atoms with van der Waals surface area (Å²) < 4.78 is 0. The van der Waals surface area contributed by atoms with E-state index in [1.54, 1.807) is 4.90 Å². The summed E-state index contributed by atoms with van der Waals surface area (Å²) >= 11 is 0. The van der Waals surface area contributed by atoms with Crippen LogP contribution in [0.2, 0.25) is 0 Å². The molecule has 3 N–H and O–H groups in total. The third-order valence-corrected chi connectivity index (χ3v) is 6.58. The Morgan fingerprint density at radius 3 is 2.96 bits per heavy atom. The summed E-state index contributed by atoms with van der Waals surface area (Å²) in [5.41, 5.74) is 3.04. The number of fused-ring (bicyclic) bond motifs is 2. The molecule has 0 aromatic heterocycles. The second kappa shape index (κ2) is 6.14. The minimum atomic E-state index is -0.558. The van der Waals surface area contributed by atoms with Gasteiger partial charge in [-0.2, -0.15) is 0 Å². The minimum absolute atomic E-state index is 0.108. The molecule has 3 heterocycles. The summed E-state index contributed by atoms with van der Waals surface area (Å²) in [5.74, 6) is -0.729. The lowest BCUT2D eigenvalue weighted by Crippen LogP contribution is -2.52. The fourth-order valence-electron chi connectivity index (χ4n) is 4.90. The Labute approximate surface area is 157 Å². The van der Waals surface area contributed by atoms with E-state index in [0.717, 1.165) is 24.2 Å². The first-order chi connectivity index (χ1) is 13.1. The fourth-order valence-corrected chi connectivity index (χ4v) is 4.90. The maximum absolute atomic E-state index is 12.9. The van der Waals surface area contributed by atoms with Crippen molar-refractivity contribution in [2.45, 2.75) is 62.8 Å². The van der Waals surface area contributed by atoms with Crippen molar-refractivity contribution in [1.29, 1.82) is 0 Å². The molecule has 5 rings (SSSR count). The highest BCUT2D eigenvalue weighted by atomic mass is 16.2. The van der Waals surface area contributed by atoms with Gasteiger partial charge in [0.25, 0.3) is 5.91 Å². The Kier molecular flexibility index (Phi) is 3.84. The summed E-state index contributed by atoms with van der Waals surface area (Å²) in [6.45, 7) is 2.27. The average Bonchev–Trinajstić information content (AvgIpc) is 3.31. The molecule has 27 heavy (non-hydrogen) atoms. The molecule has 1 aromatic carbocycles. The number of carbonyl (C=O) groups excluding carboxylic acids is 3. The highest BCUT2D eigenvalue weighted by Gasteiger charge is 2.54. The largest absolute Gasteiger partial charge is 0.322 e. The molecule has 3 fully saturated rings. The second-order valence-corrected chi connectivity index (χ2v) is 8.17. The van der Waals surface area contributed by atoms with E-state index in [4.69, 9.17) is 0 Å². The molecule has 0 spiro atoms. The van der Waals surface area contributed by atoms with Crippen LogP contribution < -0.4 is 16.0 Å². The molecule has 3 amide bonds. The van der Waals surface area contributed by atoms with Crippen molar-refractivity contribution in [3.05, 3.63) is 34.9 Å². The zero-order valence-corrected chi connectivity index (χ0v) is 15.2. The van der Waals surface area contributed by atoms with Crippen LogP contribution >= 0.6 is 0 Å². The van der Waals surface area contributed by atoms with Crippen LogP contribution in [0.1, 0.15) is 53.6 Å². The number of rotatable bonds is 4. The van der Waals surface area contributed by atoms with E-state index in [0.29, 0.717) is 24.6 Å². The number of imide groups is 1. The molecule has 2 saturated heterocycles. The van der Waals surface area contributed by atoms with Crippen LogP contribution in [0.3, 0.4) is 0 Å². The molecule has 142 valence electrons. The quantitative estimate of drug-likeness (QED) is 0.671. The van der Waals surface area contributed by atoms with Crippen LogP contribution in [-0.4, -0.2) is 46.8 Å². The normalized spacial score (nSPS) is 32.1. The van der Waals surface area contributed by atoms with E-state index in [2.05, 4.69) is 22.0 Å². The van der Waals surface area contributed by atoms with E-state index < -0.39 is 6.04 Å². The van der Waals surface area contributed by atoms with Gasteiger partial charge in [0.2, 0.25) is 11.8 Å². The Morgan fingerprint density at radius 1 is 1.26 bits per heavy atom. The summed E-state index contributed by atoms with van der Waals surface area (Å²) in [5, 5.41) is 9.64. The predicted molar refractivity (Wildman–Crippen MR) is 97.7 cm³/mol. The molecule has 1 aliphatic carbocycles. The highest BCUT2D eigenvalue weighted by molar-refractivity contribution is 6.05. The van der Waals surface area contributed by atoms with Crippen molar-refractivity contribution in [2.75, 3.05) is 6.54 Å². The van der Waals surface area contributed by atoms with E-state index in [1.165, 1.54) is 19.3 Å². The molecule has 7 heteroatoms. The Hall–Kier alpha value is -2.25. The Morgan fingerprint density at radius 2 is 2.15 bits per heavy atom. The third-order valence-electron chi connectivity index (χ3n) is 6.58. The standard InChI is InChI=1S/C20H24N4O3/c25-17-6-5-15(18(26)23-17)24-11-14-12(3-1-4-13(14)19(24)27)10-22-20-7-2-8-21-16(20)9-20/h1,3-4,15-16,21-22H,2,5-11H2,(H,23,25,26)/t15?,16-,20-/m1/s1. The summed E-state index contributed by atoms with van der Waals surface area (Å²) in [6, 6.07) is 5.84. The summed E-state index contributed by atoms with van der Waals surface area (Å²) in [7, 11) is 0. The van der Waals surface area contributed by atoms with Crippen molar-refractivity contribution >= 4 is 17.7 Å². The lowest BCUT2D eigenvalue weighted by Gasteiger charge is -2.29. The SMILES string of the molecule is O=C1CCC(N2Cc3c(CN[C@@]45CCCN[C@@H]4C5)cccc3C2=O)C(=O)N1. The molecule has 1 unspecified atom stereocenters. The van der Waals surface area contributed by atoms with Gasteiger partial charge in [-0.25, -0.2) is 0 Å². The van der Waals surface area contributed by atoms with Crippen molar-refractivity contribution in [3.63, 3.8) is 0 Å². The number of nitrogens with zero attached hydrogens (tertiary/aromatic N) is 1. The van der Waals surface area contributed by atoms with Gasteiger partial charge in [-0.15, -0.1) is 0 Å². The molecule has 1 saturated carbocycles. The maximum atomic E-state index is 12.9. The van der Waals surface area contributed by atoms with Crippen LogP contribution in [0.15, 0.2) is 18.2 Å². The van der Waals surface area contributed by atoms with Gasteiger partial charge in [0.15, 0.2) is 0 Å². The van der Waals surface area contributed by atoms with Crippen LogP contribution in [0.5, 0.6) is 0 Å². The monoisotopic (exact) mass is 368 g/mol. The van der Waals surface area contributed by atoms with Crippen molar-refractivity contribution in [2.24, 2.45) is 0 Å². The number of piperidine rings is 2. The third kappa shape index (κ3) is 2.76. The summed E-state index contributed by atoms with van der Waals surface area (Å²) in [4.78, 5) is 38.1. The number of benzene rings is 1. The molecular formula is C20H24N4O3. The Balaban J connectivity index is 1.33. The van der Waals surface area contributed by atoms with Gasteiger partial charge >= 0.3 is 0 Å². The number of hydrogen-bond acceptors (Lipinski definition) is 5. The van der Waals surface area contributed by atoms with Gasteiger partial charge in [0, 0.05) is 36.7 Å². The van der Waals surface area contributed by atoms with Crippen LogP contribution in [0, 0.1) is 0 Å². The zero-order valence-electron chi connectivity index (χ0n) is 15.2. The molecule has 0 bridgehead atoms. The van der Waals surface area contributed by atoms with Crippen LogP contribution in [-0.2, 0) is 22.7 Å². The predicted octanol–water partition coefficient (Wildman–Crippen LogP) is 0.432. The van der Waals surface area contributed by atoms with Crippen molar-refractivity contribution in [1.82, 2.24) is 20.9 Å². The van der Waals surface area contributed by atoms with Crippen LogP contribution in [0.25, 0.3) is 0 Å². The van der Waals surface area contributed by atoms with Gasteiger partial charge in [-0.05, 0) is 49.4 Å². The molecule has 4 aliphatic rings. The summed E-state index contributed by atoms with van der Waals surface area (Å²) in [6.07, 6.45) is 4.23. The first-order valence-electron chi connectivity index (χ1n) is 9.81. The number of carbonyl (C=O) groups is 3. The van der Waals surface area contributed by atoms with E-state index in [9.17, 15) is 14.4 Å². The maximum Gasteiger partial charge on any atom is 0.255 e. The second-order valence-electron chi connectivity index (χ2n) is 8.17. The first kappa shape index (κ1) is 16.9. The van der Waals surface area contributed by atoms with Gasteiger partial charge in [0.05, 0.1) is 0 Å². The number of nitrogens with one attached hydrogen (secondary N) is 3. The minimum Gasteiger partial charge on any atom is -0.322 e. The molecule has 0 radical (unpaired) electrons. The van der Waals surface area contributed by atoms with Gasteiger partial charge in [-0.1, -0.05) is 12.1 Å². The van der Waals surface area contributed by atoms with E-state index in [1.807, 2.05) is 12.1 Å². The van der Waals surface area contributed by atoms with Crippen LogP contribution in [0.4, 0.5) is 0 Å².